The van der Waals surface area contributed by atoms with Crippen molar-refractivity contribution in [3.8, 4) is 0 Å². The maximum absolute atomic E-state index is 12.9. The Morgan fingerprint density at radius 2 is 1.76 bits per heavy atom. The van der Waals surface area contributed by atoms with Crippen LogP contribution >= 0.6 is 15.9 Å². The number of nitrogens with one attached hydrogen (secondary N) is 1. The molecule has 3 amide bonds. The Balaban J connectivity index is 1.45. The summed E-state index contributed by atoms with van der Waals surface area (Å²) in [4.78, 5) is 39.1. The van der Waals surface area contributed by atoms with Crippen molar-refractivity contribution in [3.05, 3.63) is 58.6 Å². The van der Waals surface area contributed by atoms with E-state index in [0.29, 0.717) is 11.4 Å². The van der Waals surface area contributed by atoms with Gasteiger partial charge < -0.3 is 5.32 Å². The van der Waals surface area contributed by atoms with E-state index in [9.17, 15) is 14.4 Å². The number of anilines is 2. The molecule has 0 aliphatic carbocycles. The summed E-state index contributed by atoms with van der Waals surface area (Å²) in [7, 11) is 0. The molecule has 148 valence electrons. The van der Waals surface area contributed by atoms with Crippen LogP contribution in [-0.4, -0.2) is 41.4 Å². The van der Waals surface area contributed by atoms with E-state index >= 15 is 0 Å². The molecule has 0 bridgehead atoms. The van der Waals surface area contributed by atoms with Gasteiger partial charge in [0.2, 0.25) is 5.91 Å². The molecule has 8 nitrogen and oxygen atoms in total. The highest BCUT2D eigenvalue weighted by Gasteiger charge is 2.55. The Morgan fingerprint density at radius 1 is 1.07 bits per heavy atom. The maximum Gasteiger partial charge on any atom is 0.263 e. The van der Waals surface area contributed by atoms with Gasteiger partial charge in [-0.1, -0.05) is 40.2 Å². The second-order valence-corrected chi connectivity index (χ2v) is 7.69. The number of hydrogen-bond donors (Lipinski definition) is 1. The fourth-order valence-electron chi connectivity index (χ4n) is 3.37. The minimum absolute atomic E-state index is 0.173. The quantitative estimate of drug-likeness (QED) is 0.701. The van der Waals surface area contributed by atoms with Crippen LogP contribution < -0.4 is 10.2 Å². The summed E-state index contributed by atoms with van der Waals surface area (Å²) in [5.74, 6) is -1.22. The summed E-state index contributed by atoms with van der Waals surface area (Å²) in [6, 6.07) is 12.6. The van der Waals surface area contributed by atoms with Gasteiger partial charge in [0.25, 0.3) is 11.8 Å². The molecule has 9 heteroatoms. The van der Waals surface area contributed by atoms with Gasteiger partial charge in [0.05, 0.1) is 5.69 Å². The molecule has 1 saturated heterocycles. The number of benzene rings is 2. The maximum atomic E-state index is 12.9. The molecule has 0 spiro atoms. The first-order chi connectivity index (χ1) is 14.0. The van der Waals surface area contributed by atoms with Crippen LogP contribution in [0.25, 0.3) is 0 Å². The number of carbonyl (C=O) groups excluding carboxylic acids is 3. The third-order valence-corrected chi connectivity index (χ3v) is 5.42. The van der Waals surface area contributed by atoms with Gasteiger partial charge in [-0.15, -0.1) is 0 Å². The van der Waals surface area contributed by atoms with Crippen molar-refractivity contribution in [2.45, 2.75) is 25.4 Å². The van der Waals surface area contributed by atoms with Crippen molar-refractivity contribution in [1.82, 2.24) is 5.01 Å². The van der Waals surface area contributed by atoms with Gasteiger partial charge in [0.1, 0.15) is 6.54 Å². The second kappa shape index (κ2) is 7.75. The van der Waals surface area contributed by atoms with Crippen LogP contribution in [0.3, 0.4) is 0 Å². The Bertz CT molecular complexity index is 990. The van der Waals surface area contributed by atoms with E-state index in [0.717, 1.165) is 15.8 Å². The van der Waals surface area contributed by atoms with E-state index in [1.165, 1.54) is 10.6 Å². The van der Waals surface area contributed by atoms with Gasteiger partial charge in [-0.2, -0.15) is 5.11 Å². The number of imide groups is 1. The lowest BCUT2D eigenvalue weighted by Crippen LogP contribution is -2.43. The highest BCUT2D eigenvalue weighted by Crippen LogP contribution is 2.32. The van der Waals surface area contributed by atoms with E-state index in [1.807, 2.05) is 24.3 Å². The SMILES string of the molecule is CCc1ccc(NC(=O)CN2N=N[C@H]3C(=O)N(c4ccc(Br)cc4)C(=O)[C@H]32)cc1. The number of amides is 3. The van der Waals surface area contributed by atoms with E-state index in [-0.39, 0.29) is 12.5 Å². The number of aryl methyl sites for hydroxylation is 1. The van der Waals surface area contributed by atoms with E-state index in [1.54, 1.807) is 24.3 Å². The number of hydrogen-bond acceptors (Lipinski definition) is 6. The molecule has 2 aromatic carbocycles. The van der Waals surface area contributed by atoms with Crippen molar-refractivity contribution < 1.29 is 14.4 Å². The van der Waals surface area contributed by atoms with Crippen LogP contribution in [0.2, 0.25) is 0 Å². The number of carbonyl (C=O) groups is 3. The van der Waals surface area contributed by atoms with E-state index in [4.69, 9.17) is 0 Å². The lowest BCUT2D eigenvalue weighted by Gasteiger charge is -2.20. The summed E-state index contributed by atoms with van der Waals surface area (Å²) in [5.41, 5.74) is 2.29. The van der Waals surface area contributed by atoms with Gasteiger partial charge in [0, 0.05) is 10.2 Å². The molecular weight excluding hydrogens is 438 g/mol. The number of rotatable bonds is 5. The van der Waals surface area contributed by atoms with Gasteiger partial charge >= 0.3 is 0 Å². The highest BCUT2D eigenvalue weighted by atomic mass is 79.9. The van der Waals surface area contributed by atoms with Crippen molar-refractivity contribution in [3.63, 3.8) is 0 Å². The van der Waals surface area contributed by atoms with Crippen molar-refractivity contribution in [1.29, 1.82) is 0 Å². The van der Waals surface area contributed by atoms with Gasteiger partial charge in [-0.25, -0.2) is 4.90 Å². The average molecular weight is 456 g/mol. The normalized spacial score (nSPS) is 20.3. The number of fused-ring (bicyclic) bond motifs is 1. The minimum atomic E-state index is -0.928. The van der Waals surface area contributed by atoms with Crippen molar-refractivity contribution >= 4 is 45.0 Å². The lowest BCUT2D eigenvalue weighted by atomic mass is 10.1. The molecular formula is C20H18BrN5O3. The molecule has 2 aliphatic heterocycles. The average Bonchev–Trinajstić information content (AvgIpc) is 3.23. The standard InChI is InChI=1S/C20H18BrN5O3/c1-2-12-3-7-14(8-4-12)22-16(27)11-25-18-17(23-24-25)19(28)26(20(18)29)15-9-5-13(21)6-10-15/h3-10,17-18H,2,11H2,1H3,(H,22,27)/t17-,18+/m1/s1. The zero-order valence-corrected chi connectivity index (χ0v) is 17.2. The molecule has 2 heterocycles. The fraction of sp³-hybridized carbons (Fsp3) is 0.250. The van der Waals surface area contributed by atoms with Crippen LogP contribution in [0.1, 0.15) is 12.5 Å². The molecule has 2 aromatic rings. The Kier molecular flexibility index (Phi) is 5.14. The summed E-state index contributed by atoms with van der Waals surface area (Å²) in [5, 5.41) is 11.9. The third kappa shape index (κ3) is 3.65. The largest absolute Gasteiger partial charge is 0.324 e. The summed E-state index contributed by atoms with van der Waals surface area (Å²) in [6.07, 6.45) is 0.913. The molecule has 1 fully saturated rings. The summed E-state index contributed by atoms with van der Waals surface area (Å²) in [6.45, 7) is 1.88. The predicted octanol–water partition coefficient (Wildman–Crippen LogP) is 2.94. The Morgan fingerprint density at radius 3 is 2.41 bits per heavy atom. The van der Waals surface area contributed by atoms with Crippen LogP contribution in [0, 0.1) is 0 Å². The highest BCUT2D eigenvalue weighted by molar-refractivity contribution is 9.10. The molecule has 0 unspecified atom stereocenters. The van der Waals surface area contributed by atoms with E-state index < -0.39 is 23.9 Å². The fourth-order valence-corrected chi connectivity index (χ4v) is 3.63. The summed E-state index contributed by atoms with van der Waals surface area (Å²) >= 11 is 3.33. The van der Waals surface area contributed by atoms with Crippen LogP contribution in [0.5, 0.6) is 0 Å². The Labute approximate surface area is 175 Å². The molecule has 0 radical (unpaired) electrons. The number of nitrogens with zero attached hydrogens (tertiary/aromatic N) is 4. The second-order valence-electron chi connectivity index (χ2n) is 6.78. The van der Waals surface area contributed by atoms with Crippen LogP contribution in [-0.2, 0) is 20.8 Å². The smallest absolute Gasteiger partial charge is 0.263 e. The van der Waals surface area contributed by atoms with Gasteiger partial charge in [-0.3, -0.25) is 19.4 Å². The molecule has 2 aliphatic rings. The predicted molar refractivity (Wildman–Crippen MR) is 110 cm³/mol. The van der Waals surface area contributed by atoms with Crippen molar-refractivity contribution in [2.24, 2.45) is 10.3 Å². The molecule has 0 saturated carbocycles. The first-order valence-corrected chi connectivity index (χ1v) is 9.97. The molecule has 1 N–H and O–H groups in total. The summed E-state index contributed by atoms with van der Waals surface area (Å²) < 4.78 is 0.838. The topological polar surface area (TPSA) is 94.4 Å². The molecule has 0 aromatic heterocycles. The Hall–Kier alpha value is -3.07. The zero-order valence-electron chi connectivity index (χ0n) is 15.6. The van der Waals surface area contributed by atoms with Gasteiger partial charge in [-0.05, 0) is 48.4 Å². The monoisotopic (exact) mass is 455 g/mol. The molecule has 4 rings (SSSR count). The number of halogens is 1. The first-order valence-electron chi connectivity index (χ1n) is 9.17. The van der Waals surface area contributed by atoms with Crippen molar-refractivity contribution in [2.75, 3.05) is 16.8 Å². The van der Waals surface area contributed by atoms with Crippen LogP contribution in [0.15, 0.2) is 63.3 Å². The lowest BCUT2D eigenvalue weighted by molar-refractivity contribution is -0.123. The molecule has 29 heavy (non-hydrogen) atoms. The van der Waals surface area contributed by atoms with E-state index in [2.05, 4.69) is 38.5 Å². The van der Waals surface area contributed by atoms with Crippen LogP contribution in [0.4, 0.5) is 11.4 Å². The first kappa shape index (κ1) is 19.3. The van der Waals surface area contributed by atoms with Gasteiger partial charge in [0.15, 0.2) is 12.1 Å². The minimum Gasteiger partial charge on any atom is -0.324 e. The zero-order chi connectivity index (χ0) is 20.5. The third-order valence-electron chi connectivity index (χ3n) is 4.89. The molecule has 2 atom stereocenters.